The molecule has 1 N–H and O–H groups in total. The summed E-state index contributed by atoms with van der Waals surface area (Å²) in [5.74, 6) is -1.44. The van der Waals surface area contributed by atoms with Gasteiger partial charge in [0.15, 0.2) is 5.65 Å². The summed E-state index contributed by atoms with van der Waals surface area (Å²) in [6.07, 6.45) is 4.20. The van der Waals surface area contributed by atoms with Crippen molar-refractivity contribution < 1.29 is 21.9 Å². The maximum Gasteiger partial charge on any atom is 0.393 e. The van der Waals surface area contributed by atoms with E-state index in [4.69, 9.17) is 0 Å². The van der Waals surface area contributed by atoms with Crippen LogP contribution in [0.2, 0.25) is 0 Å². The molecule has 0 spiro atoms. The fourth-order valence-electron chi connectivity index (χ4n) is 5.70. The molecule has 1 aliphatic heterocycles. The van der Waals surface area contributed by atoms with Crippen molar-refractivity contribution in [1.29, 1.82) is 0 Å². The van der Waals surface area contributed by atoms with Crippen LogP contribution in [0.15, 0.2) is 24.7 Å². The number of piperidine rings is 1. The molecule has 178 valence electrons. The lowest BCUT2D eigenvalue weighted by molar-refractivity contribution is -0.188. The number of aromatic nitrogens is 4. The molecule has 11 heteroatoms. The fourth-order valence-corrected chi connectivity index (χ4v) is 6.72. The SMILES string of the molecule is O=S([O-])C(C1CCC(c2cn[nH]c3cnc4nccc4c23)CC1)N1CCCC(C(F)(F)F)C1. The molecule has 1 saturated carbocycles. The van der Waals surface area contributed by atoms with Gasteiger partial charge in [-0.15, -0.1) is 0 Å². The van der Waals surface area contributed by atoms with Gasteiger partial charge >= 0.3 is 6.18 Å². The zero-order valence-electron chi connectivity index (χ0n) is 17.9. The standard InChI is InChI=1S/C22H26F3N5O2S/c23-22(24,25)15-2-1-9-30(12-15)21(33(31)32)14-5-3-13(4-6-14)17-10-28-29-18-11-27-20-16(19(17)18)7-8-26-20/h7-8,10-11,13-15,21,29H,1-6,9,12H2,(H,31,32)/p-1. The highest BCUT2D eigenvalue weighted by Crippen LogP contribution is 2.43. The van der Waals surface area contributed by atoms with E-state index in [1.54, 1.807) is 17.3 Å². The molecule has 4 heterocycles. The summed E-state index contributed by atoms with van der Waals surface area (Å²) in [5.41, 5.74) is 2.57. The summed E-state index contributed by atoms with van der Waals surface area (Å²) in [5, 5.41) is 8.37. The van der Waals surface area contributed by atoms with Crippen LogP contribution < -0.4 is 0 Å². The van der Waals surface area contributed by atoms with Gasteiger partial charge < -0.3 is 4.55 Å². The predicted molar refractivity (Wildman–Crippen MR) is 117 cm³/mol. The molecule has 1 aliphatic carbocycles. The summed E-state index contributed by atoms with van der Waals surface area (Å²) >= 11 is -2.46. The van der Waals surface area contributed by atoms with Crippen LogP contribution in [0.25, 0.3) is 21.9 Å². The third-order valence-electron chi connectivity index (χ3n) is 7.30. The van der Waals surface area contributed by atoms with E-state index in [2.05, 4.69) is 20.2 Å². The molecule has 7 nitrogen and oxygen atoms in total. The Balaban J connectivity index is 1.35. The molecule has 1 saturated heterocycles. The van der Waals surface area contributed by atoms with E-state index in [9.17, 15) is 21.9 Å². The van der Waals surface area contributed by atoms with Crippen molar-refractivity contribution in [2.45, 2.75) is 56.0 Å². The third-order valence-corrected chi connectivity index (χ3v) is 8.38. The van der Waals surface area contributed by atoms with Gasteiger partial charge in [0.1, 0.15) is 0 Å². The highest BCUT2D eigenvalue weighted by Gasteiger charge is 2.44. The summed E-state index contributed by atoms with van der Waals surface area (Å²) in [6, 6.07) is 1.93. The van der Waals surface area contributed by atoms with Crippen molar-refractivity contribution in [2.75, 3.05) is 13.1 Å². The Bertz CT molecular complexity index is 1160. The molecule has 3 aromatic heterocycles. The Kier molecular flexibility index (Phi) is 6.13. The Hall–Kier alpha value is -2.11. The van der Waals surface area contributed by atoms with E-state index in [1.807, 2.05) is 12.3 Å². The largest absolute Gasteiger partial charge is 0.771 e. The van der Waals surface area contributed by atoms with Gasteiger partial charge in [-0.3, -0.25) is 14.2 Å². The van der Waals surface area contributed by atoms with Crippen molar-refractivity contribution in [3.05, 3.63) is 30.2 Å². The van der Waals surface area contributed by atoms with Gasteiger partial charge in [-0.05, 0) is 79.6 Å². The van der Waals surface area contributed by atoms with Gasteiger partial charge in [-0.2, -0.15) is 18.3 Å². The van der Waals surface area contributed by atoms with E-state index < -0.39 is 28.5 Å². The first kappa shape index (κ1) is 22.7. The second-order valence-electron chi connectivity index (χ2n) is 9.19. The molecule has 0 aromatic carbocycles. The quantitative estimate of drug-likeness (QED) is 0.561. The number of nitrogens with zero attached hydrogens (tertiary/aromatic N) is 4. The van der Waals surface area contributed by atoms with Crippen LogP contribution >= 0.6 is 0 Å². The highest BCUT2D eigenvalue weighted by molar-refractivity contribution is 7.79. The van der Waals surface area contributed by atoms with Gasteiger partial charge in [0, 0.05) is 23.5 Å². The van der Waals surface area contributed by atoms with Crippen LogP contribution in [0.1, 0.15) is 50.0 Å². The summed E-state index contributed by atoms with van der Waals surface area (Å²) in [7, 11) is 0. The Labute approximate surface area is 191 Å². The molecule has 2 fully saturated rings. The number of H-pyrrole nitrogens is 1. The Morgan fingerprint density at radius 3 is 2.67 bits per heavy atom. The average Bonchev–Trinajstić information content (AvgIpc) is 3.28. The van der Waals surface area contributed by atoms with Gasteiger partial charge in [0.25, 0.3) is 0 Å². The molecule has 0 radical (unpaired) electrons. The van der Waals surface area contributed by atoms with E-state index in [0.29, 0.717) is 31.5 Å². The number of alkyl halides is 3. The van der Waals surface area contributed by atoms with Crippen LogP contribution in [0.3, 0.4) is 0 Å². The van der Waals surface area contributed by atoms with Crippen molar-refractivity contribution >= 4 is 33.0 Å². The van der Waals surface area contributed by atoms with Crippen molar-refractivity contribution in [1.82, 2.24) is 25.1 Å². The molecular formula is C22H25F3N5O2S-. The summed E-state index contributed by atoms with van der Waals surface area (Å²) < 4.78 is 64.1. The molecule has 0 amide bonds. The minimum Gasteiger partial charge on any atom is -0.771 e. The zero-order valence-corrected chi connectivity index (χ0v) is 18.7. The van der Waals surface area contributed by atoms with Gasteiger partial charge in [0.2, 0.25) is 0 Å². The first-order chi connectivity index (χ1) is 15.8. The minimum atomic E-state index is -4.29. The van der Waals surface area contributed by atoms with Crippen LogP contribution in [0.5, 0.6) is 0 Å². The molecule has 3 unspecified atom stereocenters. The molecule has 2 aliphatic rings. The van der Waals surface area contributed by atoms with Crippen LogP contribution in [0.4, 0.5) is 13.2 Å². The lowest BCUT2D eigenvalue weighted by atomic mass is 9.77. The molecule has 33 heavy (non-hydrogen) atoms. The Morgan fingerprint density at radius 1 is 1.15 bits per heavy atom. The lowest BCUT2D eigenvalue weighted by Crippen LogP contribution is -2.51. The number of fused-ring (bicyclic) bond motifs is 3. The number of hydrogen-bond donors (Lipinski definition) is 1. The number of rotatable bonds is 4. The van der Waals surface area contributed by atoms with E-state index >= 15 is 0 Å². The number of nitrogens with one attached hydrogen (secondary N) is 1. The van der Waals surface area contributed by atoms with Crippen molar-refractivity contribution in [3.8, 4) is 0 Å². The number of pyridine rings is 1. The first-order valence-electron chi connectivity index (χ1n) is 11.3. The molecule has 3 aromatic rings. The smallest absolute Gasteiger partial charge is 0.393 e. The summed E-state index contributed by atoms with van der Waals surface area (Å²) in [4.78, 5) is 10.2. The van der Waals surface area contributed by atoms with Crippen LogP contribution in [-0.2, 0) is 11.1 Å². The molecule has 5 rings (SSSR count). The van der Waals surface area contributed by atoms with Crippen molar-refractivity contribution in [2.24, 2.45) is 11.8 Å². The minimum absolute atomic E-state index is 0.0654. The molecular weight excluding hydrogens is 455 g/mol. The average molecular weight is 481 g/mol. The van der Waals surface area contributed by atoms with E-state index in [-0.39, 0.29) is 24.8 Å². The first-order valence-corrected chi connectivity index (χ1v) is 12.4. The van der Waals surface area contributed by atoms with Crippen LogP contribution in [0, 0.1) is 11.8 Å². The maximum absolute atomic E-state index is 13.3. The topological polar surface area (TPSA) is 97.8 Å². The monoisotopic (exact) mass is 480 g/mol. The summed E-state index contributed by atoms with van der Waals surface area (Å²) in [6.45, 7) is 0.156. The predicted octanol–water partition coefficient (Wildman–Crippen LogP) is 4.26. The number of aromatic amines is 1. The fraction of sp³-hybridized carbons (Fsp3) is 0.591. The van der Waals surface area contributed by atoms with E-state index in [0.717, 1.165) is 34.7 Å². The van der Waals surface area contributed by atoms with Crippen molar-refractivity contribution in [3.63, 3.8) is 0 Å². The van der Waals surface area contributed by atoms with Crippen LogP contribution in [-0.4, -0.2) is 58.5 Å². The lowest BCUT2D eigenvalue weighted by Gasteiger charge is -2.44. The molecule has 0 bridgehead atoms. The van der Waals surface area contributed by atoms with Gasteiger partial charge in [-0.1, -0.05) is 0 Å². The maximum atomic E-state index is 13.3. The molecule has 3 atom stereocenters. The normalized spacial score (nSPS) is 27.1. The second kappa shape index (κ2) is 8.92. The number of halogens is 3. The zero-order chi connectivity index (χ0) is 23.2. The Morgan fingerprint density at radius 2 is 1.94 bits per heavy atom. The third kappa shape index (κ3) is 4.38. The number of likely N-dealkylation sites (tertiary alicyclic amines) is 1. The number of hydrogen-bond acceptors (Lipinski definition) is 6. The second-order valence-corrected chi connectivity index (χ2v) is 10.2. The van der Waals surface area contributed by atoms with Gasteiger partial charge in [0.05, 0.1) is 29.2 Å². The van der Waals surface area contributed by atoms with Gasteiger partial charge in [-0.25, -0.2) is 9.97 Å². The highest BCUT2D eigenvalue weighted by atomic mass is 32.2. The van der Waals surface area contributed by atoms with E-state index in [1.165, 1.54) is 0 Å².